The highest BCUT2D eigenvalue weighted by atomic mass is 16.2. The minimum atomic E-state index is -1.02. The van der Waals surface area contributed by atoms with Gasteiger partial charge in [0.15, 0.2) is 0 Å². The zero-order valence-corrected chi connectivity index (χ0v) is 31.4. The first-order chi connectivity index (χ1) is 25.3. The standard InChI is InChI=1S/C40H53N7O6/c1-6-40-18-17-26-22-47(30(28(26)40)36(51)45-32(40)31(48)37(52)43-23(2)24-13-9-7-10-14-24)38(53)33(39(3,4)5)46-35(50)29(25-15-11-8-12-16-25)44-34(49)27-21-41-19-20-42-27/h7,9-10,13-14,19-21,23,25-26,28-30,32-33H,6,8,11-12,15-18,22H2,1-5H3,(H,43,52)(H,44,49)(H,45,51)(H,46,50)/t23-,26?,28-,29-,30-,32+,33+,40?/m0/s1. The number of benzene rings is 1. The fraction of sp³-hybridized carbons (Fsp3) is 0.600. The monoisotopic (exact) mass is 727 g/mol. The first-order valence-electron chi connectivity index (χ1n) is 19.1. The molecule has 0 spiro atoms. The van der Waals surface area contributed by atoms with E-state index in [1.54, 1.807) is 4.90 Å². The van der Waals surface area contributed by atoms with Crippen LogP contribution in [0.25, 0.3) is 0 Å². The first kappa shape index (κ1) is 38.1. The van der Waals surface area contributed by atoms with E-state index in [2.05, 4.69) is 31.2 Å². The zero-order chi connectivity index (χ0) is 38.1. The Morgan fingerprint density at radius 1 is 0.981 bits per heavy atom. The van der Waals surface area contributed by atoms with E-state index >= 15 is 0 Å². The molecule has 4 aliphatic rings. The van der Waals surface area contributed by atoms with Crippen LogP contribution in [-0.2, 0) is 24.0 Å². The number of Topliss-reactive ketones (excluding diaryl/α,β-unsaturated/α-hetero) is 1. The summed E-state index contributed by atoms with van der Waals surface area (Å²) in [5.74, 6) is -3.74. The molecule has 2 aliphatic carbocycles. The molecule has 1 aromatic carbocycles. The quantitative estimate of drug-likeness (QED) is 0.255. The maximum Gasteiger partial charge on any atom is 0.290 e. The molecule has 8 atom stereocenters. The van der Waals surface area contributed by atoms with Crippen LogP contribution in [0, 0.1) is 28.6 Å². The van der Waals surface area contributed by atoms with Gasteiger partial charge < -0.3 is 26.2 Å². The lowest BCUT2D eigenvalue weighted by Gasteiger charge is -2.48. The lowest BCUT2D eigenvalue weighted by atomic mass is 9.63. The summed E-state index contributed by atoms with van der Waals surface area (Å²) >= 11 is 0. The molecule has 13 nitrogen and oxygen atoms in total. The lowest BCUT2D eigenvalue weighted by molar-refractivity contribution is -0.153. The van der Waals surface area contributed by atoms with Gasteiger partial charge in [0.1, 0.15) is 29.9 Å². The number of hydrogen-bond donors (Lipinski definition) is 4. The number of carbonyl (C=O) groups excluding carboxylic acids is 6. The van der Waals surface area contributed by atoms with E-state index in [0.717, 1.165) is 37.7 Å². The van der Waals surface area contributed by atoms with Gasteiger partial charge in [-0.2, -0.15) is 0 Å². The molecule has 6 rings (SSSR count). The summed E-state index contributed by atoms with van der Waals surface area (Å²) in [7, 11) is 0. The number of carbonyl (C=O) groups is 6. The van der Waals surface area contributed by atoms with Gasteiger partial charge in [0.25, 0.3) is 11.8 Å². The van der Waals surface area contributed by atoms with E-state index in [1.807, 2.05) is 65.0 Å². The van der Waals surface area contributed by atoms with Crippen molar-refractivity contribution in [2.45, 2.75) is 116 Å². The zero-order valence-electron chi connectivity index (χ0n) is 31.4. The van der Waals surface area contributed by atoms with Gasteiger partial charge >= 0.3 is 0 Å². The number of ketones is 1. The van der Waals surface area contributed by atoms with E-state index in [0.29, 0.717) is 25.8 Å². The number of nitrogens with one attached hydrogen (secondary N) is 4. The van der Waals surface area contributed by atoms with Crippen molar-refractivity contribution in [3.63, 3.8) is 0 Å². The van der Waals surface area contributed by atoms with Gasteiger partial charge in [-0.15, -0.1) is 0 Å². The van der Waals surface area contributed by atoms with Gasteiger partial charge in [-0.05, 0) is 61.8 Å². The topological polar surface area (TPSA) is 180 Å². The Hall–Kier alpha value is -4.68. The minimum Gasteiger partial charge on any atom is -0.343 e. The Morgan fingerprint density at radius 3 is 2.34 bits per heavy atom. The molecule has 3 heterocycles. The van der Waals surface area contributed by atoms with Crippen molar-refractivity contribution < 1.29 is 28.8 Å². The van der Waals surface area contributed by atoms with Crippen LogP contribution in [0.15, 0.2) is 48.9 Å². The predicted octanol–water partition coefficient (Wildman–Crippen LogP) is 3.26. The summed E-state index contributed by atoms with van der Waals surface area (Å²) in [5.41, 5.74) is -0.512. The number of nitrogens with zero attached hydrogens (tertiary/aromatic N) is 3. The van der Waals surface area contributed by atoms with Crippen LogP contribution in [-0.4, -0.2) is 80.9 Å². The number of hydrogen-bond acceptors (Lipinski definition) is 8. The fourth-order valence-corrected chi connectivity index (χ4v) is 9.56. The Morgan fingerprint density at radius 2 is 1.70 bits per heavy atom. The molecule has 0 bridgehead atoms. The summed E-state index contributed by atoms with van der Waals surface area (Å²) in [6.07, 6.45) is 10.5. The average molecular weight is 728 g/mol. The van der Waals surface area contributed by atoms with Gasteiger partial charge in [0.05, 0.1) is 12.2 Å². The molecular formula is C40H53N7O6. The molecule has 2 saturated carbocycles. The molecule has 53 heavy (non-hydrogen) atoms. The van der Waals surface area contributed by atoms with Crippen molar-refractivity contribution in [3.05, 3.63) is 60.2 Å². The highest BCUT2D eigenvalue weighted by molar-refractivity contribution is 6.39. The molecule has 13 heteroatoms. The maximum atomic E-state index is 14.7. The molecule has 284 valence electrons. The van der Waals surface area contributed by atoms with Gasteiger partial charge in [-0.3, -0.25) is 33.8 Å². The smallest absolute Gasteiger partial charge is 0.290 e. The van der Waals surface area contributed by atoms with Crippen LogP contribution in [0.2, 0.25) is 0 Å². The molecule has 0 radical (unpaired) electrons. The average Bonchev–Trinajstić information content (AvgIpc) is 3.74. The van der Waals surface area contributed by atoms with E-state index in [4.69, 9.17) is 0 Å². The Balaban J connectivity index is 1.22. The van der Waals surface area contributed by atoms with Crippen molar-refractivity contribution >= 4 is 35.3 Å². The van der Waals surface area contributed by atoms with Gasteiger partial charge in [-0.1, -0.05) is 77.3 Å². The molecule has 2 aromatic rings. The number of likely N-dealkylation sites (tertiary alicyclic amines) is 1. The highest BCUT2D eigenvalue weighted by Gasteiger charge is 2.67. The molecule has 5 amide bonds. The normalized spacial score (nSPS) is 27.1. The van der Waals surface area contributed by atoms with Crippen LogP contribution in [0.1, 0.15) is 108 Å². The highest BCUT2D eigenvalue weighted by Crippen LogP contribution is 2.59. The Bertz CT molecular complexity index is 1710. The first-order valence-corrected chi connectivity index (χ1v) is 19.1. The lowest BCUT2D eigenvalue weighted by Crippen LogP contribution is -2.69. The third-order valence-electron chi connectivity index (χ3n) is 12.3. The van der Waals surface area contributed by atoms with Crippen LogP contribution in [0.5, 0.6) is 0 Å². The summed E-state index contributed by atoms with van der Waals surface area (Å²) < 4.78 is 0. The van der Waals surface area contributed by atoms with E-state index in [1.165, 1.54) is 18.6 Å². The second kappa shape index (κ2) is 15.4. The summed E-state index contributed by atoms with van der Waals surface area (Å²) in [6.45, 7) is 9.68. The number of aromatic nitrogens is 2. The van der Waals surface area contributed by atoms with Crippen molar-refractivity contribution in [1.29, 1.82) is 0 Å². The number of amides is 5. The summed E-state index contributed by atoms with van der Waals surface area (Å²) in [4.78, 5) is 93.2. The number of rotatable bonds is 11. The van der Waals surface area contributed by atoms with Crippen molar-refractivity contribution in [2.75, 3.05) is 6.54 Å². The maximum absolute atomic E-state index is 14.7. The Kier molecular flexibility index (Phi) is 11.0. The van der Waals surface area contributed by atoms with Crippen LogP contribution in [0.3, 0.4) is 0 Å². The fourth-order valence-electron chi connectivity index (χ4n) is 9.56. The van der Waals surface area contributed by atoms with Gasteiger partial charge in [0.2, 0.25) is 23.5 Å². The molecular weight excluding hydrogens is 674 g/mol. The third-order valence-corrected chi connectivity index (χ3v) is 12.3. The molecule has 2 saturated heterocycles. The predicted molar refractivity (Wildman–Crippen MR) is 196 cm³/mol. The molecule has 2 unspecified atom stereocenters. The molecule has 4 N–H and O–H groups in total. The van der Waals surface area contributed by atoms with E-state index in [-0.39, 0.29) is 29.4 Å². The largest absolute Gasteiger partial charge is 0.343 e. The second-order valence-corrected chi connectivity index (χ2v) is 16.5. The summed E-state index contributed by atoms with van der Waals surface area (Å²) in [6, 6.07) is 5.18. The van der Waals surface area contributed by atoms with Crippen LogP contribution >= 0.6 is 0 Å². The van der Waals surface area contributed by atoms with Gasteiger partial charge in [-0.25, -0.2) is 4.98 Å². The SMILES string of the molecule is CCC12CCC3CN(C(=O)[C@@H](NC(=O)[C@@H](NC(=O)c4cnccn4)C4CCCCC4)C(C)(C)C)[C@H](C(=O)N[C@@H]1C(=O)C(=O)N[C@@H](C)c1ccccc1)[C@H]32. The molecule has 1 aromatic heterocycles. The van der Waals surface area contributed by atoms with E-state index in [9.17, 15) is 28.8 Å². The second-order valence-electron chi connectivity index (χ2n) is 16.5. The molecule has 4 fully saturated rings. The summed E-state index contributed by atoms with van der Waals surface area (Å²) in [5, 5.41) is 11.6. The van der Waals surface area contributed by atoms with Gasteiger partial charge in [0, 0.05) is 30.3 Å². The van der Waals surface area contributed by atoms with Crippen molar-refractivity contribution in [3.8, 4) is 0 Å². The number of piperidine rings is 1. The van der Waals surface area contributed by atoms with Crippen molar-refractivity contribution in [1.82, 2.24) is 36.1 Å². The van der Waals surface area contributed by atoms with Crippen LogP contribution in [0.4, 0.5) is 0 Å². The van der Waals surface area contributed by atoms with Crippen molar-refractivity contribution in [2.24, 2.45) is 28.6 Å². The molecule has 2 aliphatic heterocycles. The van der Waals surface area contributed by atoms with E-state index < -0.39 is 70.5 Å². The third kappa shape index (κ3) is 7.44. The Labute approximate surface area is 311 Å². The van der Waals surface area contributed by atoms with Crippen LogP contribution < -0.4 is 21.3 Å². The minimum absolute atomic E-state index is 0.0471.